The van der Waals surface area contributed by atoms with Crippen molar-refractivity contribution in [3.63, 3.8) is 0 Å². The maximum Gasteiger partial charge on any atom is 0.319 e. The number of nitrogens with one attached hydrogen (secondary N) is 3. The molecule has 0 aliphatic rings. The molecule has 0 fully saturated rings. The first-order valence-corrected chi connectivity index (χ1v) is 9.13. The molecule has 2 amide bonds. The Bertz CT molecular complexity index is 802. The van der Waals surface area contributed by atoms with Gasteiger partial charge in [-0.3, -0.25) is 4.72 Å². The monoisotopic (exact) mass is 347 g/mol. The van der Waals surface area contributed by atoms with E-state index in [2.05, 4.69) is 15.4 Å². The molecule has 0 saturated carbocycles. The predicted molar refractivity (Wildman–Crippen MR) is 95.7 cm³/mol. The SMILES string of the molecule is CCCNC(=O)Nc1cccc(S(=O)(=O)Nc2ccc(C)cc2)c1. The average Bonchev–Trinajstić information content (AvgIpc) is 2.55. The van der Waals surface area contributed by atoms with Gasteiger partial charge in [-0.1, -0.05) is 30.7 Å². The summed E-state index contributed by atoms with van der Waals surface area (Å²) in [6.45, 7) is 4.43. The first kappa shape index (κ1) is 17.8. The lowest BCUT2D eigenvalue weighted by Gasteiger charge is -2.11. The third-order valence-corrected chi connectivity index (χ3v) is 4.62. The molecule has 0 heterocycles. The molecule has 0 aliphatic heterocycles. The highest BCUT2D eigenvalue weighted by Crippen LogP contribution is 2.19. The Morgan fingerprint density at radius 3 is 2.42 bits per heavy atom. The van der Waals surface area contributed by atoms with E-state index >= 15 is 0 Å². The molecular weight excluding hydrogens is 326 g/mol. The number of sulfonamides is 1. The van der Waals surface area contributed by atoms with E-state index in [9.17, 15) is 13.2 Å². The fourth-order valence-electron chi connectivity index (χ4n) is 1.99. The molecule has 0 aliphatic carbocycles. The van der Waals surface area contributed by atoms with Crippen molar-refractivity contribution in [3.8, 4) is 0 Å². The number of rotatable bonds is 6. The highest BCUT2D eigenvalue weighted by atomic mass is 32.2. The second-order valence-electron chi connectivity index (χ2n) is 5.38. The fourth-order valence-corrected chi connectivity index (χ4v) is 3.09. The van der Waals surface area contributed by atoms with Crippen LogP contribution in [-0.4, -0.2) is 21.0 Å². The summed E-state index contributed by atoms with van der Waals surface area (Å²) in [4.78, 5) is 11.7. The van der Waals surface area contributed by atoms with E-state index in [1.165, 1.54) is 12.1 Å². The van der Waals surface area contributed by atoms with E-state index in [0.717, 1.165) is 12.0 Å². The summed E-state index contributed by atoms with van der Waals surface area (Å²) in [6, 6.07) is 12.8. The van der Waals surface area contributed by atoms with Crippen LogP contribution in [0.1, 0.15) is 18.9 Å². The van der Waals surface area contributed by atoms with E-state index in [0.29, 0.717) is 17.9 Å². The Balaban J connectivity index is 2.14. The van der Waals surface area contributed by atoms with Crippen molar-refractivity contribution in [2.75, 3.05) is 16.6 Å². The van der Waals surface area contributed by atoms with Gasteiger partial charge in [-0.25, -0.2) is 13.2 Å². The van der Waals surface area contributed by atoms with Gasteiger partial charge in [0, 0.05) is 17.9 Å². The summed E-state index contributed by atoms with van der Waals surface area (Å²) >= 11 is 0. The van der Waals surface area contributed by atoms with Crippen LogP contribution in [-0.2, 0) is 10.0 Å². The molecule has 0 aromatic heterocycles. The minimum absolute atomic E-state index is 0.0800. The molecular formula is C17H21N3O3S. The van der Waals surface area contributed by atoms with E-state index in [-0.39, 0.29) is 10.9 Å². The Hall–Kier alpha value is -2.54. The van der Waals surface area contributed by atoms with Gasteiger partial charge in [0.05, 0.1) is 4.90 Å². The van der Waals surface area contributed by atoms with Gasteiger partial charge in [0.25, 0.3) is 10.0 Å². The molecule has 0 saturated heterocycles. The van der Waals surface area contributed by atoms with Crippen molar-refractivity contribution in [3.05, 3.63) is 54.1 Å². The number of hydrogen-bond donors (Lipinski definition) is 3. The van der Waals surface area contributed by atoms with Gasteiger partial charge < -0.3 is 10.6 Å². The van der Waals surface area contributed by atoms with Crippen LogP contribution < -0.4 is 15.4 Å². The lowest BCUT2D eigenvalue weighted by molar-refractivity contribution is 0.252. The molecule has 24 heavy (non-hydrogen) atoms. The van der Waals surface area contributed by atoms with Crippen LogP contribution in [0, 0.1) is 6.92 Å². The third kappa shape index (κ3) is 4.99. The van der Waals surface area contributed by atoms with Gasteiger partial charge in [-0.2, -0.15) is 0 Å². The van der Waals surface area contributed by atoms with E-state index < -0.39 is 10.0 Å². The lowest BCUT2D eigenvalue weighted by atomic mass is 10.2. The summed E-state index contributed by atoms with van der Waals surface area (Å²) in [5.74, 6) is 0. The zero-order chi connectivity index (χ0) is 17.6. The molecule has 2 rings (SSSR count). The van der Waals surface area contributed by atoms with Crippen molar-refractivity contribution in [1.29, 1.82) is 0 Å². The van der Waals surface area contributed by atoms with Gasteiger partial charge >= 0.3 is 6.03 Å². The molecule has 0 radical (unpaired) electrons. The standard InChI is InChI=1S/C17H21N3O3S/c1-3-11-18-17(21)19-15-5-4-6-16(12-15)24(22,23)20-14-9-7-13(2)8-10-14/h4-10,12,20H,3,11H2,1-2H3,(H2,18,19,21). The number of anilines is 2. The number of hydrogen-bond acceptors (Lipinski definition) is 3. The molecule has 2 aromatic carbocycles. The van der Waals surface area contributed by atoms with Crippen LogP contribution in [0.4, 0.5) is 16.2 Å². The Kier molecular flexibility index (Phi) is 5.81. The molecule has 3 N–H and O–H groups in total. The normalized spacial score (nSPS) is 10.9. The molecule has 7 heteroatoms. The number of urea groups is 1. The van der Waals surface area contributed by atoms with Crippen LogP contribution in [0.5, 0.6) is 0 Å². The van der Waals surface area contributed by atoms with Crippen LogP contribution in [0.15, 0.2) is 53.4 Å². The lowest BCUT2D eigenvalue weighted by Crippen LogP contribution is -2.29. The summed E-state index contributed by atoms with van der Waals surface area (Å²) in [5, 5.41) is 5.29. The van der Waals surface area contributed by atoms with Crippen molar-refractivity contribution in [2.24, 2.45) is 0 Å². The topological polar surface area (TPSA) is 87.3 Å². The van der Waals surface area contributed by atoms with Crippen molar-refractivity contribution >= 4 is 27.4 Å². The number of carbonyl (C=O) groups is 1. The van der Waals surface area contributed by atoms with Gasteiger partial charge in [-0.05, 0) is 43.7 Å². The molecule has 0 atom stereocenters. The number of aryl methyl sites for hydroxylation is 1. The highest BCUT2D eigenvalue weighted by molar-refractivity contribution is 7.92. The van der Waals surface area contributed by atoms with Gasteiger partial charge in [0.2, 0.25) is 0 Å². The second-order valence-corrected chi connectivity index (χ2v) is 7.06. The number of benzene rings is 2. The fraction of sp³-hybridized carbons (Fsp3) is 0.235. The minimum atomic E-state index is -3.72. The van der Waals surface area contributed by atoms with Crippen molar-refractivity contribution < 1.29 is 13.2 Å². The third-order valence-electron chi connectivity index (χ3n) is 3.24. The van der Waals surface area contributed by atoms with Crippen LogP contribution in [0.3, 0.4) is 0 Å². The van der Waals surface area contributed by atoms with Gasteiger partial charge in [0.1, 0.15) is 0 Å². The first-order valence-electron chi connectivity index (χ1n) is 7.65. The van der Waals surface area contributed by atoms with E-state index in [1.54, 1.807) is 24.3 Å². The van der Waals surface area contributed by atoms with Crippen LogP contribution in [0.25, 0.3) is 0 Å². The minimum Gasteiger partial charge on any atom is -0.338 e. The average molecular weight is 347 g/mol. The van der Waals surface area contributed by atoms with Crippen LogP contribution in [0.2, 0.25) is 0 Å². The molecule has 6 nitrogen and oxygen atoms in total. The number of amides is 2. The first-order chi connectivity index (χ1) is 11.4. The Morgan fingerprint density at radius 2 is 1.75 bits per heavy atom. The zero-order valence-electron chi connectivity index (χ0n) is 13.7. The maximum absolute atomic E-state index is 12.5. The molecule has 0 bridgehead atoms. The van der Waals surface area contributed by atoms with Crippen LogP contribution >= 0.6 is 0 Å². The van der Waals surface area contributed by atoms with Gasteiger partial charge in [0.15, 0.2) is 0 Å². The van der Waals surface area contributed by atoms with Crippen molar-refractivity contribution in [2.45, 2.75) is 25.2 Å². The Labute approximate surface area is 142 Å². The second kappa shape index (κ2) is 7.83. The largest absolute Gasteiger partial charge is 0.338 e. The quantitative estimate of drug-likeness (QED) is 0.749. The van der Waals surface area contributed by atoms with Crippen molar-refractivity contribution in [1.82, 2.24) is 5.32 Å². The zero-order valence-corrected chi connectivity index (χ0v) is 14.5. The highest BCUT2D eigenvalue weighted by Gasteiger charge is 2.15. The molecule has 0 spiro atoms. The van der Waals surface area contributed by atoms with E-state index in [1.807, 2.05) is 26.0 Å². The maximum atomic E-state index is 12.5. The summed E-state index contributed by atoms with van der Waals surface area (Å²) in [7, 11) is -3.72. The number of carbonyl (C=O) groups excluding carboxylic acids is 1. The predicted octanol–water partition coefficient (Wildman–Crippen LogP) is 3.33. The smallest absolute Gasteiger partial charge is 0.319 e. The molecule has 2 aromatic rings. The summed E-state index contributed by atoms with van der Waals surface area (Å²) in [5.41, 5.74) is 1.94. The Morgan fingerprint density at radius 1 is 1.04 bits per heavy atom. The molecule has 128 valence electrons. The summed E-state index contributed by atoms with van der Waals surface area (Å²) < 4.78 is 27.4. The van der Waals surface area contributed by atoms with E-state index in [4.69, 9.17) is 0 Å². The van der Waals surface area contributed by atoms with Gasteiger partial charge in [-0.15, -0.1) is 0 Å². The summed E-state index contributed by atoms with van der Waals surface area (Å²) in [6.07, 6.45) is 0.822. The molecule has 0 unspecified atom stereocenters.